The Hall–Kier alpha value is -3.39. The van der Waals surface area contributed by atoms with Crippen LogP contribution < -0.4 is 15.6 Å². The summed E-state index contributed by atoms with van der Waals surface area (Å²) in [6.07, 6.45) is 2.90. The zero-order chi connectivity index (χ0) is 19.3. The van der Waals surface area contributed by atoms with Gasteiger partial charge in [-0.2, -0.15) is 9.49 Å². The van der Waals surface area contributed by atoms with Crippen molar-refractivity contribution < 1.29 is 9.18 Å². The normalized spacial score (nSPS) is 12.4. The maximum atomic E-state index is 13.1. The highest BCUT2D eigenvalue weighted by molar-refractivity contribution is 7.99. The molecule has 0 saturated heterocycles. The van der Waals surface area contributed by atoms with Gasteiger partial charge in [0.1, 0.15) is 0 Å². The van der Waals surface area contributed by atoms with E-state index in [1.54, 1.807) is 18.0 Å². The third-order valence-corrected chi connectivity index (χ3v) is 5.17. The van der Waals surface area contributed by atoms with Crippen LogP contribution in [-0.2, 0) is 0 Å². The first-order valence-corrected chi connectivity index (χ1v) is 9.36. The van der Waals surface area contributed by atoms with Crippen molar-refractivity contribution in [2.24, 2.45) is 5.10 Å². The van der Waals surface area contributed by atoms with E-state index in [-0.39, 0.29) is 0 Å². The quantitative estimate of drug-likeness (QED) is 0.385. The Bertz CT molecular complexity index is 997. The van der Waals surface area contributed by atoms with Crippen LogP contribution in [0.3, 0.4) is 0 Å². The minimum atomic E-state index is -0.665. The first-order chi connectivity index (χ1) is 13.7. The van der Waals surface area contributed by atoms with Crippen LogP contribution in [0.25, 0.3) is 0 Å². The molecule has 4 rings (SSSR count). The van der Waals surface area contributed by atoms with Crippen LogP contribution in [0.5, 0.6) is 0 Å². The Morgan fingerprint density at radius 1 is 1.11 bits per heavy atom. The largest absolute Gasteiger partial charge is 0.339 e. The zero-order valence-corrected chi connectivity index (χ0v) is 15.5. The number of hydrazone groups is 1. The lowest BCUT2D eigenvalue weighted by Crippen LogP contribution is -2.26. The number of carbonyl (C=O) groups excluding carboxylic acids is 1. The van der Waals surface area contributed by atoms with Crippen LogP contribution in [0.1, 0.15) is 0 Å². The predicted octanol–water partition coefficient (Wildman–Crippen LogP) is 4.63. The third kappa shape index (κ3) is 3.96. The van der Waals surface area contributed by atoms with E-state index in [1.807, 2.05) is 24.3 Å². The van der Waals surface area contributed by atoms with E-state index < -0.39 is 12.0 Å². The number of benzene rings is 2. The van der Waals surface area contributed by atoms with E-state index >= 15 is 0 Å². The molecule has 0 bridgehead atoms. The van der Waals surface area contributed by atoms with Gasteiger partial charge in [0, 0.05) is 34.0 Å². The SMILES string of the molecule is O=C(N/N=C/CN1c2ccccc2Sc2ccccc21)Nc1ccnc(F)c1. The van der Waals surface area contributed by atoms with Crippen molar-refractivity contribution in [3.8, 4) is 0 Å². The lowest BCUT2D eigenvalue weighted by atomic mass is 10.2. The minimum absolute atomic E-state index is 0.302. The fourth-order valence-corrected chi connectivity index (χ4v) is 3.94. The van der Waals surface area contributed by atoms with Crippen LogP contribution in [0.4, 0.5) is 26.2 Å². The average Bonchev–Trinajstić information content (AvgIpc) is 2.70. The smallest absolute Gasteiger partial charge is 0.334 e. The molecule has 0 atom stereocenters. The van der Waals surface area contributed by atoms with Gasteiger partial charge in [0.2, 0.25) is 5.95 Å². The molecule has 2 amide bonds. The molecule has 140 valence electrons. The molecule has 2 heterocycles. The zero-order valence-electron chi connectivity index (χ0n) is 14.7. The second-order valence-corrected chi connectivity index (χ2v) is 6.98. The fourth-order valence-electron chi connectivity index (χ4n) is 2.84. The number of rotatable bonds is 4. The molecule has 2 aromatic carbocycles. The molecule has 6 nitrogen and oxygen atoms in total. The van der Waals surface area contributed by atoms with Crippen LogP contribution >= 0.6 is 11.8 Å². The van der Waals surface area contributed by atoms with Crippen LogP contribution in [0.15, 0.2) is 81.8 Å². The summed E-state index contributed by atoms with van der Waals surface area (Å²) in [7, 11) is 0. The number of nitrogens with zero attached hydrogens (tertiary/aromatic N) is 3. The lowest BCUT2D eigenvalue weighted by Gasteiger charge is -2.31. The number of para-hydroxylation sites is 2. The van der Waals surface area contributed by atoms with Gasteiger partial charge in [-0.15, -0.1) is 0 Å². The molecule has 0 unspecified atom stereocenters. The lowest BCUT2D eigenvalue weighted by molar-refractivity contribution is 0.252. The van der Waals surface area contributed by atoms with Gasteiger partial charge in [-0.25, -0.2) is 15.2 Å². The number of pyridine rings is 1. The second kappa shape index (κ2) is 8.10. The molecule has 2 N–H and O–H groups in total. The van der Waals surface area contributed by atoms with Crippen molar-refractivity contribution in [1.82, 2.24) is 10.4 Å². The minimum Gasteiger partial charge on any atom is -0.334 e. The number of hydrogen-bond donors (Lipinski definition) is 2. The molecule has 1 aromatic heterocycles. The summed E-state index contributed by atoms with van der Waals surface area (Å²) in [5.74, 6) is -0.665. The Morgan fingerprint density at radius 2 is 1.79 bits per heavy atom. The van der Waals surface area contributed by atoms with Gasteiger partial charge in [-0.1, -0.05) is 36.0 Å². The first kappa shape index (κ1) is 18.0. The number of amides is 2. The monoisotopic (exact) mass is 393 g/mol. The van der Waals surface area contributed by atoms with Crippen molar-refractivity contribution in [1.29, 1.82) is 0 Å². The number of fused-ring (bicyclic) bond motifs is 2. The van der Waals surface area contributed by atoms with E-state index in [0.717, 1.165) is 17.4 Å². The highest BCUT2D eigenvalue weighted by atomic mass is 32.2. The van der Waals surface area contributed by atoms with E-state index in [2.05, 4.69) is 50.0 Å². The Balaban J connectivity index is 1.43. The second-order valence-electron chi connectivity index (χ2n) is 5.89. The van der Waals surface area contributed by atoms with Gasteiger partial charge >= 0.3 is 6.03 Å². The number of nitrogens with one attached hydrogen (secondary N) is 2. The van der Waals surface area contributed by atoms with Crippen LogP contribution in [-0.4, -0.2) is 23.8 Å². The van der Waals surface area contributed by atoms with E-state index in [9.17, 15) is 9.18 Å². The summed E-state index contributed by atoms with van der Waals surface area (Å²) in [5.41, 5.74) is 4.87. The maximum Gasteiger partial charge on any atom is 0.339 e. The number of hydrogen-bond acceptors (Lipinski definition) is 5. The van der Waals surface area contributed by atoms with Gasteiger partial charge in [0.25, 0.3) is 0 Å². The third-order valence-electron chi connectivity index (χ3n) is 4.04. The standard InChI is InChI=1S/C20H16FN5OS/c21-19-13-14(9-10-22-19)24-20(27)25-23-11-12-26-15-5-1-3-7-17(15)28-18-8-4-2-6-16(18)26/h1-11,13H,12H2,(H2,22,24,25,27)/b23-11+. The average molecular weight is 393 g/mol. The van der Waals surface area contributed by atoms with Gasteiger partial charge in [-0.3, -0.25) is 0 Å². The number of carbonyl (C=O) groups is 1. The van der Waals surface area contributed by atoms with Crippen molar-refractivity contribution in [2.75, 3.05) is 16.8 Å². The molecule has 0 aliphatic carbocycles. The summed E-state index contributed by atoms with van der Waals surface area (Å²) >= 11 is 1.73. The van der Waals surface area contributed by atoms with E-state index in [0.29, 0.717) is 12.2 Å². The molecular weight excluding hydrogens is 377 g/mol. The molecule has 3 aromatic rings. The Morgan fingerprint density at radius 3 is 2.46 bits per heavy atom. The summed E-state index contributed by atoms with van der Waals surface area (Å²) in [6, 6.07) is 18.4. The van der Waals surface area contributed by atoms with E-state index in [4.69, 9.17) is 0 Å². The first-order valence-electron chi connectivity index (χ1n) is 8.54. The summed E-state index contributed by atoms with van der Waals surface area (Å²) in [4.78, 5) is 19.8. The van der Waals surface area contributed by atoms with Gasteiger partial charge in [0.15, 0.2) is 0 Å². The highest BCUT2D eigenvalue weighted by Crippen LogP contribution is 2.47. The summed E-state index contributed by atoms with van der Waals surface area (Å²) in [6.45, 7) is 0.485. The van der Waals surface area contributed by atoms with Crippen LogP contribution in [0.2, 0.25) is 0 Å². The Labute approximate surface area is 165 Å². The molecule has 8 heteroatoms. The topological polar surface area (TPSA) is 69.6 Å². The predicted molar refractivity (Wildman–Crippen MR) is 109 cm³/mol. The molecule has 1 aliphatic heterocycles. The van der Waals surface area contributed by atoms with Crippen molar-refractivity contribution in [2.45, 2.75) is 9.79 Å². The number of halogens is 1. The number of anilines is 3. The molecule has 0 fully saturated rings. The van der Waals surface area contributed by atoms with Gasteiger partial charge in [0.05, 0.1) is 17.9 Å². The molecule has 0 saturated carbocycles. The van der Waals surface area contributed by atoms with Gasteiger partial charge in [-0.05, 0) is 30.3 Å². The van der Waals surface area contributed by atoms with Crippen molar-refractivity contribution >= 4 is 41.1 Å². The summed E-state index contributed by atoms with van der Waals surface area (Å²) in [5, 5.41) is 6.48. The highest BCUT2D eigenvalue weighted by Gasteiger charge is 2.21. The van der Waals surface area contributed by atoms with Crippen LogP contribution in [0, 0.1) is 5.95 Å². The summed E-state index contributed by atoms with van der Waals surface area (Å²) < 4.78 is 13.1. The number of urea groups is 1. The van der Waals surface area contributed by atoms with Crippen molar-refractivity contribution in [3.05, 3.63) is 72.8 Å². The maximum absolute atomic E-state index is 13.1. The molecule has 28 heavy (non-hydrogen) atoms. The molecular formula is C20H16FN5OS. The number of aromatic nitrogens is 1. The Kier molecular flexibility index (Phi) is 5.20. The van der Waals surface area contributed by atoms with Gasteiger partial charge < -0.3 is 10.2 Å². The molecule has 0 radical (unpaired) electrons. The van der Waals surface area contributed by atoms with Crippen molar-refractivity contribution in [3.63, 3.8) is 0 Å². The molecule has 1 aliphatic rings. The molecule has 0 spiro atoms. The fraction of sp³-hybridized carbons (Fsp3) is 0.0500. The van der Waals surface area contributed by atoms with E-state index in [1.165, 1.54) is 22.1 Å².